The maximum atomic E-state index is 13.3. The van der Waals surface area contributed by atoms with Gasteiger partial charge in [-0.2, -0.15) is 0 Å². The van der Waals surface area contributed by atoms with Gasteiger partial charge in [-0.15, -0.1) is 11.3 Å². The lowest BCUT2D eigenvalue weighted by molar-refractivity contribution is -0.125. The summed E-state index contributed by atoms with van der Waals surface area (Å²) in [6.07, 6.45) is 2.14. The Balaban J connectivity index is 1.38. The van der Waals surface area contributed by atoms with E-state index in [4.69, 9.17) is 9.47 Å². The second kappa shape index (κ2) is 8.64. The van der Waals surface area contributed by atoms with Crippen molar-refractivity contribution in [2.45, 2.75) is 44.8 Å². The van der Waals surface area contributed by atoms with Gasteiger partial charge in [0.25, 0.3) is 11.8 Å². The molecule has 1 aromatic heterocycles. The van der Waals surface area contributed by atoms with Crippen LogP contribution in [0, 0.1) is 5.92 Å². The number of hydrogen-bond donors (Lipinski definition) is 2. The van der Waals surface area contributed by atoms with Gasteiger partial charge in [-0.25, -0.2) is 8.42 Å². The third-order valence-electron chi connectivity index (χ3n) is 6.34. The van der Waals surface area contributed by atoms with E-state index in [1.54, 1.807) is 12.1 Å². The highest BCUT2D eigenvalue weighted by Crippen LogP contribution is 2.40. The van der Waals surface area contributed by atoms with Crippen LogP contribution in [0.5, 0.6) is 11.5 Å². The number of carbonyl (C=O) groups is 2. The van der Waals surface area contributed by atoms with E-state index in [2.05, 4.69) is 17.6 Å². The Morgan fingerprint density at radius 1 is 1.15 bits per heavy atom. The number of benzene rings is 1. The second-order valence-electron chi connectivity index (χ2n) is 8.98. The van der Waals surface area contributed by atoms with E-state index in [1.165, 1.54) is 11.3 Å². The zero-order chi connectivity index (χ0) is 23.2. The maximum absolute atomic E-state index is 13.3. The summed E-state index contributed by atoms with van der Waals surface area (Å²) >= 11 is 1.42. The van der Waals surface area contributed by atoms with Crippen molar-refractivity contribution in [3.63, 3.8) is 0 Å². The van der Waals surface area contributed by atoms with Gasteiger partial charge in [-0.1, -0.05) is 19.1 Å². The van der Waals surface area contributed by atoms with Crippen LogP contribution in [0.2, 0.25) is 0 Å². The largest absolute Gasteiger partial charge is 0.485 e. The quantitative estimate of drug-likeness (QED) is 0.682. The molecule has 2 aliphatic heterocycles. The fraction of sp³-hybridized carbons (Fsp3) is 0.478. The number of anilines is 1. The zero-order valence-corrected chi connectivity index (χ0v) is 19.9. The third kappa shape index (κ3) is 4.59. The van der Waals surface area contributed by atoms with Gasteiger partial charge >= 0.3 is 0 Å². The number of nitrogens with one attached hydrogen (secondary N) is 2. The number of carbonyl (C=O) groups excluding carboxylic acids is 2. The van der Waals surface area contributed by atoms with E-state index in [9.17, 15) is 18.0 Å². The normalized spacial score (nSPS) is 25.2. The lowest BCUT2D eigenvalue weighted by Gasteiger charge is -2.25. The molecular formula is C23H26N2O6S2. The van der Waals surface area contributed by atoms with Crippen molar-refractivity contribution >= 4 is 38.0 Å². The first-order chi connectivity index (χ1) is 15.8. The van der Waals surface area contributed by atoms with Crippen LogP contribution in [-0.4, -0.2) is 50.5 Å². The van der Waals surface area contributed by atoms with Crippen molar-refractivity contribution in [1.82, 2.24) is 5.32 Å². The van der Waals surface area contributed by atoms with E-state index < -0.39 is 22.0 Å². The molecule has 3 aliphatic rings. The molecule has 0 unspecified atom stereocenters. The molecule has 0 bridgehead atoms. The summed E-state index contributed by atoms with van der Waals surface area (Å²) in [5.74, 6) is 0.927. The van der Waals surface area contributed by atoms with Gasteiger partial charge in [0, 0.05) is 10.9 Å². The first kappa shape index (κ1) is 22.2. The van der Waals surface area contributed by atoms with Crippen LogP contribution in [-0.2, 0) is 27.5 Å². The monoisotopic (exact) mass is 490 g/mol. The Labute approximate surface area is 196 Å². The molecule has 2 N–H and O–H groups in total. The molecule has 2 aromatic rings. The number of sulfone groups is 1. The Kier molecular flexibility index (Phi) is 5.82. The highest BCUT2D eigenvalue weighted by Gasteiger charge is 2.34. The average Bonchev–Trinajstić information content (AvgIpc) is 3.31. The maximum Gasteiger partial charge on any atom is 0.269 e. The molecule has 176 valence electrons. The van der Waals surface area contributed by atoms with Crippen molar-refractivity contribution in [1.29, 1.82) is 0 Å². The van der Waals surface area contributed by atoms with Crippen LogP contribution in [0.3, 0.4) is 0 Å². The Morgan fingerprint density at radius 3 is 2.70 bits per heavy atom. The molecule has 1 aliphatic carbocycles. The molecule has 33 heavy (non-hydrogen) atoms. The van der Waals surface area contributed by atoms with Gasteiger partial charge in [-0.3, -0.25) is 9.59 Å². The number of para-hydroxylation sites is 2. The third-order valence-corrected chi connectivity index (χ3v) is 9.28. The van der Waals surface area contributed by atoms with E-state index in [0.717, 1.165) is 29.7 Å². The molecule has 1 saturated heterocycles. The summed E-state index contributed by atoms with van der Waals surface area (Å²) in [5, 5.41) is 6.27. The summed E-state index contributed by atoms with van der Waals surface area (Å²) in [7, 11) is -3.11. The molecule has 3 atom stereocenters. The number of rotatable bonds is 4. The molecule has 1 fully saturated rings. The fourth-order valence-electron chi connectivity index (χ4n) is 4.59. The molecular weight excluding hydrogens is 464 g/mol. The van der Waals surface area contributed by atoms with Crippen LogP contribution in [0.15, 0.2) is 24.3 Å². The fourth-order valence-corrected chi connectivity index (χ4v) is 7.67. The summed E-state index contributed by atoms with van der Waals surface area (Å²) in [5.41, 5.74) is 1.41. The number of thiophene rings is 1. The molecule has 0 radical (unpaired) electrons. The minimum Gasteiger partial charge on any atom is -0.485 e. The van der Waals surface area contributed by atoms with Crippen molar-refractivity contribution in [2.75, 3.05) is 23.4 Å². The Hall–Kier alpha value is -2.59. The number of hydrogen-bond acceptors (Lipinski definition) is 7. The standard InChI is InChI=1S/C23H26N2O6S2/c1-13-6-7-15-19(10-13)32-23(20(15)22(27)24-14-8-9-33(28,29)12-14)25-21(26)18-11-30-16-4-2-3-5-17(16)31-18/h2-5,13-14,18H,6-12H2,1H3,(H,24,27)(H,25,26)/t13-,14+,18+/m1/s1. The molecule has 0 spiro atoms. The minimum atomic E-state index is -3.11. The van der Waals surface area contributed by atoms with Crippen LogP contribution in [0.25, 0.3) is 0 Å². The van der Waals surface area contributed by atoms with E-state index in [-0.39, 0.29) is 29.9 Å². The smallest absolute Gasteiger partial charge is 0.269 e. The predicted octanol–water partition coefficient (Wildman–Crippen LogP) is 2.57. The molecule has 8 nitrogen and oxygen atoms in total. The molecule has 0 saturated carbocycles. The van der Waals surface area contributed by atoms with Crippen LogP contribution in [0.4, 0.5) is 5.00 Å². The van der Waals surface area contributed by atoms with Crippen molar-refractivity contribution < 1.29 is 27.5 Å². The number of fused-ring (bicyclic) bond motifs is 2. The molecule has 10 heteroatoms. The van der Waals surface area contributed by atoms with E-state index in [0.29, 0.717) is 34.4 Å². The van der Waals surface area contributed by atoms with Crippen molar-refractivity contribution in [3.8, 4) is 11.5 Å². The van der Waals surface area contributed by atoms with Gasteiger partial charge in [0.1, 0.15) is 11.6 Å². The lowest BCUT2D eigenvalue weighted by Crippen LogP contribution is -2.41. The first-order valence-electron chi connectivity index (χ1n) is 11.1. The van der Waals surface area contributed by atoms with Gasteiger partial charge < -0.3 is 20.1 Å². The van der Waals surface area contributed by atoms with Crippen LogP contribution < -0.4 is 20.1 Å². The predicted molar refractivity (Wildman–Crippen MR) is 125 cm³/mol. The summed E-state index contributed by atoms with van der Waals surface area (Å²) in [6.45, 7) is 2.25. The summed E-state index contributed by atoms with van der Waals surface area (Å²) in [4.78, 5) is 27.4. The summed E-state index contributed by atoms with van der Waals surface area (Å²) in [6, 6.07) is 6.76. The molecule has 2 amide bonds. The van der Waals surface area contributed by atoms with Crippen LogP contribution in [0.1, 0.15) is 40.6 Å². The number of amides is 2. The second-order valence-corrected chi connectivity index (χ2v) is 12.3. The topological polar surface area (TPSA) is 111 Å². The Bertz CT molecular complexity index is 1210. The first-order valence-corrected chi connectivity index (χ1v) is 13.8. The average molecular weight is 491 g/mol. The Morgan fingerprint density at radius 2 is 1.94 bits per heavy atom. The zero-order valence-electron chi connectivity index (χ0n) is 18.3. The van der Waals surface area contributed by atoms with Gasteiger partial charge in [-0.05, 0) is 49.3 Å². The van der Waals surface area contributed by atoms with Crippen LogP contribution >= 0.6 is 11.3 Å². The lowest BCUT2D eigenvalue weighted by atomic mass is 9.88. The summed E-state index contributed by atoms with van der Waals surface area (Å²) < 4.78 is 35.1. The van der Waals surface area contributed by atoms with Crippen molar-refractivity contribution in [3.05, 3.63) is 40.3 Å². The minimum absolute atomic E-state index is 0.0452. The van der Waals surface area contributed by atoms with E-state index in [1.807, 2.05) is 12.1 Å². The highest BCUT2D eigenvalue weighted by atomic mass is 32.2. The van der Waals surface area contributed by atoms with Gasteiger partial charge in [0.15, 0.2) is 21.3 Å². The van der Waals surface area contributed by atoms with Gasteiger partial charge in [0.2, 0.25) is 6.10 Å². The van der Waals surface area contributed by atoms with Crippen molar-refractivity contribution in [2.24, 2.45) is 5.92 Å². The molecule has 3 heterocycles. The molecule has 1 aromatic carbocycles. The van der Waals surface area contributed by atoms with Gasteiger partial charge in [0.05, 0.1) is 17.1 Å². The SMILES string of the molecule is C[C@@H]1CCc2c(sc(NC(=O)[C@@H]3COc4ccccc4O3)c2C(=O)N[C@H]2CCS(=O)(=O)C2)C1. The highest BCUT2D eigenvalue weighted by molar-refractivity contribution is 7.91. The van der Waals surface area contributed by atoms with E-state index >= 15 is 0 Å². The number of ether oxygens (including phenoxy) is 2. The molecule has 5 rings (SSSR count).